The lowest BCUT2D eigenvalue weighted by Crippen LogP contribution is -2.14. The lowest BCUT2D eigenvalue weighted by molar-refractivity contribution is 0.185. The fourth-order valence-electron chi connectivity index (χ4n) is 1.14. The van der Waals surface area contributed by atoms with Crippen molar-refractivity contribution in [2.45, 2.75) is 45.1 Å². The minimum absolute atomic E-state index is 0.436. The van der Waals surface area contributed by atoms with Crippen LogP contribution in [0.15, 0.2) is 0 Å². The Balaban J connectivity index is 3.41. The highest BCUT2D eigenvalue weighted by Crippen LogP contribution is 2.10. The molecule has 1 unspecified atom stereocenters. The molecule has 0 saturated heterocycles. The van der Waals surface area contributed by atoms with Crippen molar-refractivity contribution in [3.63, 3.8) is 0 Å². The van der Waals surface area contributed by atoms with Crippen molar-refractivity contribution in [1.29, 1.82) is 0 Å². The largest absolute Gasteiger partial charge is 0.397 e. The van der Waals surface area contributed by atoms with Crippen LogP contribution in [0.25, 0.3) is 0 Å². The minimum Gasteiger partial charge on any atom is -0.264 e. The summed E-state index contributed by atoms with van der Waals surface area (Å²) in [4.78, 5) is 0. The average Bonchev–Trinajstić information content (AvgIpc) is 2.00. The summed E-state index contributed by atoms with van der Waals surface area (Å²) in [5.74, 6) is 0. The van der Waals surface area contributed by atoms with Gasteiger partial charge in [-0.3, -0.25) is 4.55 Å². The van der Waals surface area contributed by atoms with E-state index in [1.807, 2.05) is 0 Å². The van der Waals surface area contributed by atoms with Crippen LogP contribution in [0.3, 0.4) is 0 Å². The second kappa shape index (κ2) is 7.62. The molecule has 6 heteroatoms. The van der Waals surface area contributed by atoms with Crippen LogP contribution in [0, 0.1) is 0 Å². The van der Waals surface area contributed by atoms with Crippen LogP contribution < -0.4 is 0 Å². The van der Waals surface area contributed by atoms with Crippen molar-refractivity contribution in [2.75, 3.05) is 5.33 Å². The maximum Gasteiger partial charge on any atom is 0.397 e. The first-order chi connectivity index (χ1) is 6.45. The molecule has 86 valence electrons. The second-order valence-corrected chi connectivity index (χ2v) is 5.07. The molecule has 0 aliphatic heterocycles. The fourth-order valence-corrected chi connectivity index (χ4v) is 2.04. The SMILES string of the molecule is CC(CCCCCCBr)OS(=O)(=O)O. The van der Waals surface area contributed by atoms with Gasteiger partial charge in [-0.15, -0.1) is 0 Å². The normalized spacial score (nSPS) is 14.2. The number of rotatable bonds is 8. The van der Waals surface area contributed by atoms with Gasteiger partial charge in [-0.2, -0.15) is 8.42 Å². The van der Waals surface area contributed by atoms with Crippen LogP contribution in [0.4, 0.5) is 0 Å². The van der Waals surface area contributed by atoms with Gasteiger partial charge in [0.15, 0.2) is 0 Å². The molecule has 0 saturated carbocycles. The third-order valence-electron chi connectivity index (χ3n) is 1.78. The van der Waals surface area contributed by atoms with E-state index in [0.29, 0.717) is 6.42 Å². The third-order valence-corrected chi connectivity index (χ3v) is 2.91. The summed E-state index contributed by atoms with van der Waals surface area (Å²) in [6.07, 6.45) is 4.46. The van der Waals surface area contributed by atoms with Gasteiger partial charge in [0.2, 0.25) is 0 Å². The molecule has 1 atom stereocenters. The molecular weight excluding hydrogens is 272 g/mol. The van der Waals surface area contributed by atoms with Crippen molar-refractivity contribution in [1.82, 2.24) is 0 Å². The molecule has 0 aromatic carbocycles. The predicted octanol–water partition coefficient (Wildman–Crippen LogP) is 2.54. The number of hydrogen-bond acceptors (Lipinski definition) is 3. The highest BCUT2D eigenvalue weighted by Gasteiger charge is 2.11. The molecule has 4 nitrogen and oxygen atoms in total. The minimum atomic E-state index is -4.28. The van der Waals surface area contributed by atoms with Gasteiger partial charge in [0, 0.05) is 5.33 Å². The Bertz CT molecular complexity index is 227. The number of unbranched alkanes of at least 4 members (excludes halogenated alkanes) is 3. The van der Waals surface area contributed by atoms with Crippen molar-refractivity contribution >= 4 is 26.3 Å². The molecule has 0 aliphatic rings. The molecule has 0 spiro atoms. The Kier molecular flexibility index (Phi) is 7.81. The zero-order valence-electron chi connectivity index (χ0n) is 8.28. The van der Waals surface area contributed by atoms with Crippen molar-refractivity contribution < 1.29 is 17.2 Å². The molecule has 0 fully saturated rings. The Morgan fingerprint density at radius 1 is 1.29 bits per heavy atom. The zero-order valence-corrected chi connectivity index (χ0v) is 10.7. The molecule has 14 heavy (non-hydrogen) atoms. The molecule has 0 heterocycles. The number of alkyl halides is 1. The Morgan fingerprint density at radius 3 is 2.36 bits per heavy atom. The van der Waals surface area contributed by atoms with E-state index >= 15 is 0 Å². The monoisotopic (exact) mass is 288 g/mol. The van der Waals surface area contributed by atoms with Gasteiger partial charge < -0.3 is 0 Å². The van der Waals surface area contributed by atoms with Crippen LogP contribution in [0.2, 0.25) is 0 Å². The van der Waals surface area contributed by atoms with Crippen molar-refractivity contribution in [2.24, 2.45) is 0 Å². The highest BCUT2D eigenvalue weighted by atomic mass is 79.9. The molecular formula is C8H17BrO4S. The summed E-state index contributed by atoms with van der Waals surface area (Å²) in [6, 6.07) is 0. The molecule has 0 aromatic rings. The van der Waals surface area contributed by atoms with E-state index in [1.165, 1.54) is 0 Å². The van der Waals surface area contributed by atoms with E-state index in [0.717, 1.165) is 31.0 Å². The van der Waals surface area contributed by atoms with E-state index in [1.54, 1.807) is 6.92 Å². The average molecular weight is 289 g/mol. The van der Waals surface area contributed by atoms with Gasteiger partial charge in [-0.25, -0.2) is 4.18 Å². The number of hydrogen-bond donors (Lipinski definition) is 1. The van der Waals surface area contributed by atoms with Crippen LogP contribution in [-0.4, -0.2) is 24.4 Å². The molecule has 0 rings (SSSR count). The highest BCUT2D eigenvalue weighted by molar-refractivity contribution is 9.09. The van der Waals surface area contributed by atoms with E-state index in [4.69, 9.17) is 4.55 Å². The van der Waals surface area contributed by atoms with E-state index in [-0.39, 0.29) is 0 Å². The first kappa shape index (κ1) is 14.3. The van der Waals surface area contributed by atoms with Gasteiger partial charge in [0.25, 0.3) is 0 Å². The molecule has 0 amide bonds. The van der Waals surface area contributed by atoms with Gasteiger partial charge in [-0.05, 0) is 19.8 Å². The van der Waals surface area contributed by atoms with Crippen LogP contribution in [-0.2, 0) is 14.6 Å². The maximum absolute atomic E-state index is 10.3. The first-order valence-electron chi connectivity index (χ1n) is 4.67. The second-order valence-electron chi connectivity index (χ2n) is 3.23. The quantitative estimate of drug-likeness (QED) is 0.424. The van der Waals surface area contributed by atoms with E-state index < -0.39 is 16.5 Å². The third kappa shape index (κ3) is 10.4. The Morgan fingerprint density at radius 2 is 1.86 bits per heavy atom. The lowest BCUT2D eigenvalue weighted by atomic mass is 10.1. The molecule has 0 bridgehead atoms. The smallest absolute Gasteiger partial charge is 0.264 e. The summed E-state index contributed by atoms with van der Waals surface area (Å²) in [5, 5.41) is 1.00. The predicted molar refractivity (Wildman–Crippen MR) is 59.0 cm³/mol. The zero-order chi connectivity index (χ0) is 11.0. The maximum atomic E-state index is 10.3. The van der Waals surface area contributed by atoms with Gasteiger partial charge in [0.1, 0.15) is 0 Å². The number of halogens is 1. The Hall–Kier alpha value is 0.350. The lowest BCUT2D eigenvalue weighted by Gasteiger charge is -2.08. The van der Waals surface area contributed by atoms with Gasteiger partial charge in [-0.1, -0.05) is 35.2 Å². The summed E-state index contributed by atoms with van der Waals surface area (Å²) >= 11 is 3.33. The van der Waals surface area contributed by atoms with Crippen LogP contribution in [0.5, 0.6) is 0 Å². The van der Waals surface area contributed by atoms with Gasteiger partial charge >= 0.3 is 10.4 Å². The first-order valence-corrected chi connectivity index (χ1v) is 7.16. The van der Waals surface area contributed by atoms with E-state index in [2.05, 4.69) is 20.1 Å². The summed E-state index contributed by atoms with van der Waals surface area (Å²) in [5.41, 5.74) is 0. The molecule has 0 radical (unpaired) electrons. The van der Waals surface area contributed by atoms with Crippen molar-refractivity contribution in [3.8, 4) is 0 Å². The van der Waals surface area contributed by atoms with Crippen LogP contribution >= 0.6 is 15.9 Å². The Labute approximate surface area is 94.1 Å². The van der Waals surface area contributed by atoms with Crippen LogP contribution in [0.1, 0.15) is 39.0 Å². The molecule has 1 N–H and O–H groups in total. The molecule has 0 aliphatic carbocycles. The topological polar surface area (TPSA) is 63.6 Å². The summed E-state index contributed by atoms with van der Waals surface area (Å²) < 4.78 is 33.3. The summed E-state index contributed by atoms with van der Waals surface area (Å²) in [7, 11) is -4.28. The van der Waals surface area contributed by atoms with Gasteiger partial charge in [0.05, 0.1) is 6.10 Å². The van der Waals surface area contributed by atoms with E-state index in [9.17, 15) is 8.42 Å². The standard InChI is InChI=1S/C8H17BrO4S/c1-8(13-14(10,11)12)6-4-2-3-5-7-9/h8H,2-7H2,1H3,(H,10,11,12). The summed E-state index contributed by atoms with van der Waals surface area (Å²) in [6.45, 7) is 1.64. The van der Waals surface area contributed by atoms with Crippen molar-refractivity contribution in [3.05, 3.63) is 0 Å². The molecule has 0 aromatic heterocycles. The fraction of sp³-hybridized carbons (Fsp3) is 1.00.